The van der Waals surface area contributed by atoms with Crippen LogP contribution in [0.2, 0.25) is 0 Å². The molecule has 504 valence electrons. The van der Waals surface area contributed by atoms with Crippen molar-refractivity contribution in [1.82, 2.24) is 5.32 Å². The van der Waals surface area contributed by atoms with Crippen LogP contribution in [0, 0.1) is 0 Å². The molecule has 2 unspecified atom stereocenters. The maximum atomic E-state index is 12.6. The number of ether oxygens (including phenoxy) is 1. The van der Waals surface area contributed by atoms with Crippen LogP contribution in [-0.2, 0) is 14.3 Å². The Bertz CT molecular complexity index is 1330. The Balaban J connectivity index is 3.34. The third-order valence-corrected chi connectivity index (χ3v) is 18.5. The summed E-state index contributed by atoms with van der Waals surface area (Å²) in [5.41, 5.74) is 0. The molecule has 1 amide bonds. The van der Waals surface area contributed by atoms with Gasteiger partial charge in [0, 0.05) is 12.8 Å². The zero-order valence-electron chi connectivity index (χ0n) is 57.9. The molecule has 0 aliphatic carbocycles. The molecule has 0 fully saturated rings. The molecule has 0 aliphatic heterocycles. The van der Waals surface area contributed by atoms with Crippen LogP contribution in [0.4, 0.5) is 0 Å². The topological polar surface area (TPSA) is 95.9 Å². The quantitative estimate of drug-likeness (QED) is 0.0320. The SMILES string of the molecule is CCCCCC/C=C\CCCCCCCC(=O)OCCCCCCCCCCCCCCCC/C=C\CCCCCCCCCCCCCCCCCCCC(=O)NC(CO)C(O)CCCCCCCCCCCCCCCCCCCCCC. The van der Waals surface area contributed by atoms with Crippen LogP contribution in [0.25, 0.3) is 0 Å². The summed E-state index contributed by atoms with van der Waals surface area (Å²) in [6.45, 7) is 4.98. The van der Waals surface area contributed by atoms with Gasteiger partial charge in [-0.3, -0.25) is 9.59 Å². The monoisotopic (exact) mass is 1200 g/mol. The second kappa shape index (κ2) is 74.8. The minimum atomic E-state index is -0.662. The number of hydrogen-bond acceptors (Lipinski definition) is 5. The van der Waals surface area contributed by atoms with Crippen molar-refractivity contribution < 1.29 is 24.5 Å². The maximum Gasteiger partial charge on any atom is 0.305 e. The van der Waals surface area contributed by atoms with Crippen molar-refractivity contribution in [3.63, 3.8) is 0 Å². The van der Waals surface area contributed by atoms with Crippen molar-refractivity contribution in [1.29, 1.82) is 0 Å². The summed E-state index contributed by atoms with van der Waals surface area (Å²) in [7, 11) is 0. The van der Waals surface area contributed by atoms with Gasteiger partial charge in [0.05, 0.1) is 25.4 Å². The molecule has 0 aromatic carbocycles. The van der Waals surface area contributed by atoms with E-state index in [0.717, 1.165) is 44.9 Å². The second-order valence-corrected chi connectivity index (χ2v) is 27.0. The Morgan fingerprint density at radius 1 is 0.318 bits per heavy atom. The van der Waals surface area contributed by atoms with Gasteiger partial charge in [-0.15, -0.1) is 0 Å². The van der Waals surface area contributed by atoms with Gasteiger partial charge in [-0.25, -0.2) is 0 Å². The van der Waals surface area contributed by atoms with Crippen molar-refractivity contribution in [3.05, 3.63) is 24.3 Å². The Labute approximate surface area is 532 Å². The van der Waals surface area contributed by atoms with E-state index >= 15 is 0 Å². The number of carbonyl (C=O) groups excluding carboxylic acids is 2. The molecular formula is C79H153NO5. The number of aliphatic hydroxyl groups excluding tert-OH is 2. The summed E-state index contributed by atoms with van der Waals surface area (Å²) in [6.07, 6.45) is 95.5. The van der Waals surface area contributed by atoms with Crippen molar-refractivity contribution in [2.45, 2.75) is 456 Å². The van der Waals surface area contributed by atoms with Gasteiger partial charge in [0.2, 0.25) is 5.91 Å². The highest BCUT2D eigenvalue weighted by Crippen LogP contribution is 2.20. The molecule has 6 nitrogen and oxygen atoms in total. The van der Waals surface area contributed by atoms with Gasteiger partial charge in [0.25, 0.3) is 0 Å². The first-order valence-corrected chi connectivity index (χ1v) is 39.1. The molecule has 2 atom stereocenters. The normalized spacial score (nSPS) is 12.6. The lowest BCUT2D eigenvalue weighted by atomic mass is 10.0. The van der Waals surface area contributed by atoms with E-state index in [-0.39, 0.29) is 18.5 Å². The molecular weight excluding hydrogens is 1040 g/mol. The van der Waals surface area contributed by atoms with Crippen LogP contribution in [0.3, 0.4) is 0 Å². The number of rotatable bonds is 74. The first-order chi connectivity index (χ1) is 42.0. The van der Waals surface area contributed by atoms with E-state index < -0.39 is 12.1 Å². The fraction of sp³-hybridized carbons (Fsp3) is 0.924. The van der Waals surface area contributed by atoms with Crippen LogP contribution < -0.4 is 5.32 Å². The van der Waals surface area contributed by atoms with Crippen LogP contribution in [0.5, 0.6) is 0 Å². The number of nitrogens with one attached hydrogen (secondary N) is 1. The highest BCUT2D eigenvalue weighted by atomic mass is 16.5. The fourth-order valence-electron chi connectivity index (χ4n) is 12.5. The molecule has 85 heavy (non-hydrogen) atoms. The molecule has 3 N–H and O–H groups in total. The van der Waals surface area contributed by atoms with E-state index in [0.29, 0.717) is 25.9 Å². The van der Waals surface area contributed by atoms with Gasteiger partial charge in [-0.2, -0.15) is 0 Å². The average Bonchev–Trinajstić information content (AvgIpc) is 3.51. The van der Waals surface area contributed by atoms with Crippen LogP contribution in [0.15, 0.2) is 24.3 Å². The number of esters is 1. The summed E-state index contributed by atoms with van der Waals surface area (Å²) >= 11 is 0. The first-order valence-electron chi connectivity index (χ1n) is 39.1. The van der Waals surface area contributed by atoms with Crippen molar-refractivity contribution in [2.75, 3.05) is 13.2 Å². The Hall–Kier alpha value is -1.66. The molecule has 0 saturated carbocycles. The van der Waals surface area contributed by atoms with E-state index in [1.807, 2.05) is 0 Å². The first kappa shape index (κ1) is 83.3. The number of amides is 1. The van der Waals surface area contributed by atoms with Crippen LogP contribution in [-0.4, -0.2) is 47.4 Å². The summed E-state index contributed by atoms with van der Waals surface area (Å²) in [6, 6.07) is -0.539. The maximum absolute atomic E-state index is 12.6. The summed E-state index contributed by atoms with van der Waals surface area (Å²) in [5.74, 6) is -0.0147. The predicted molar refractivity (Wildman–Crippen MR) is 375 cm³/mol. The lowest BCUT2D eigenvalue weighted by molar-refractivity contribution is -0.143. The molecule has 6 heteroatoms. The van der Waals surface area contributed by atoms with Gasteiger partial charge >= 0.3 is 5.97 Å². The van der Waals surface area contributed by atoms with E-state index in [1.54, 1.807) is 0 Å². The molecule has 0 radical (unpaired) electrons. The standard InChI is InChI=1S/C79H153NO5/c1-3-5-7-9-11-13-15-17-18-19-20-38-41-44-48-51-55-59-63-67-71-77(82)76(75-81)80-78(83)72-68-64-60-56-52-49-45-42-39-36-34-32-30-28-26-24-22-21-23-25-27-29-31-33-35-37-40-43-46-50-54-58-62-66-70-74-85-79(84)73-69-65-61-57-53-47-16-14-12-10-8-6-4-2/h14,16,23,25,76-77,81-82H,3-13,15,17-22,24,26-75H2,1-2H3,(H,80,83)/b16-14-,25-23-. The predicted octanol–water partition coefficient (Wildman–Crippen LogP) is 25.7. The molecule has 0 bridgehead atoms. The Morgan fingerprint density at radius 3 is 0.847 bits per heavy atom. The smallest absolute Gasteiger partial charge is 0.305 e. The third kappa shape index (κ3) is 71.3. The fourth-order valence-corrected chi connectivity index (χ4v) is 12.5. The zero-order chi connectivity index (χ0) is 61.3. The number of unbranched alkanes of at least 4 members (excludes halogenated alkanes) is 59. The Kier molecular flexibility index (Phi) is 73.3. The number of allylic oxidation sites excluding steroid dienone is 4. The summed E-state index contributed by atoms with van der Waals surface area (Å²) in [5, 5.41) is 23.4. The van der Waals surface area contributed by atoms with Crippen molar-refractivity contribution >= 4 is 11.9 Å². The largest absolute Gasteiger partial charge is 0.466 e. The second-order valence-electron chi connectivity index (χ2n) is 27.0. The summed E-state index contributed by atoms with van der Waals surface area (Å²) < 4.78 is 5.49. The molecule has 0 aromatic heterocycles. The number of hydrogen-bond donors (Lipinski definition) is 3. The average molecular weight is 1200 g/mol. The highest BCUT2D eigenvalue weighted by Gasteiger charge is 2.20. The van der Waals surface area contributed by atoms with Crippen molar-refractivity contribution in [2.24, 2.45) is 0 Å². The molecule has 0 aromatic rings. The third-order valence-electron chi connectivity index (χ3n) is 18.5. The lowest BCUT2D eigenvalue weighted by Crippen LogP contribution is -2.45. The minimum absolute atomic E-state index is 0.0117. The Morgan fingerprint density at radius 2 is 0.553 bits per heavy atom. The summed E-state index contributed by atoms with van der Waals surface area (Å²) in [4.78, 5) is 24.6. The van der Waals surface area contributed by atoms with E-state index in [2.05, 4.69) is 43.5 Å². The van der Waals surface area contributed by atoms with Gasteiger partial charge < -0.3 is 20.3 Å². The molecule has 0 rings (SSSR count). The van der Waals surface area contributed by atoms with Gasteiger partial charge in [0.15, 0.2) is 0 Å². The number of aliphatic hydroxyl groups is 2. The van der Waals surface area contributed by atoms with Gasteiger partial charge in [0.1, 0.15) is 0 Å². The van der Waals surface area contributed by atoms with E-state index in [1.165, 1.54) is 366 Å². The molecule has 0 saturated heterocycles. The molecule has 0 aliphatic rings. The zero-order valence-corrected chi connectivity index (χ0v) is 57.9. The van der Waals surface area contributed by atoms with Gasteiger partial charge in [-0.1, -0.05) is 378 Å². The van der Waals surface area contributed by atoms with Gasteiger partial charge in [-0.05, 0) is 77.0 Å². The van der Waals surface area contributed by atoms with E-state index in [4.69, 9.17) is 4.74 Å². The highest BCUT2D eigenvalue weighted by molar-refractivity contribution is 5.76. The van der Waals surface area contributed by atoms with E-state index in [9.17, 15) is 19.8 Å². The molecule has 0 spiro atoms. The van der Waals surface area contributed by atoms with Crippen LogP contribution in [0.1, 0.15) is 444 Å². The lowest BCUT2D eigenvalue weighted by Gasteiger charge is -2.22. The van der Waals surface area contributed by atoms with Crippen molar-refractivity contribution in [3.8, 4) is 0 Å². The van der Waals surface area contributed by atoms with Crippen LogP contribution >= 0.6 is 0 Å². The minimum Gasteiger partial charge on any atom is -0.466 e. The molecule has 0 heterocycles. The number of carbonyl (C=O) groups is 2.